The summed E-state index contributed by atoms with van der Waals surface area (Å²) in [4.78, 5) is 16.8. The van der Waals surface area contributed by atoms with E-state index in [0.29, 0.717) is 10.4 Å². The number of hydrogen-bond donors (Lipinski definition) is 0. The van der Waals surface area contributed by atoms with Crippen LogP contribution in [0.15, 0.2) is 36.8 Å². The zero-order chi connectivity index (χ0) is 19.6. The van der Waals surface area contributed by atoms with Gasteiger partial charge in [-0.1, -0.05) is 17.7 Å². The summed E-state index contributed by atoms with van der Waals surface area (Å²) in [5, 5.41) is 0.634. The van der Waals surface area contributed by atoms with Crippen LogP contribution in [0.5, 0.6) is 11.8 Å². The second kappa shape index (κ2) is 7.36. The van der Waals surface area contributed by atoms with Gasteiger partial charge < -0.3 is 9.64 Å². The molecule has 0 aliphatic carbocycles. The molecule has 0 N–H and O–H groups in total. The van der Waals surface area contributed by atoms with Crippen molar-refractivity contribution in [2.24, 2.45) is 0 Å². The lowest BCUT2D eigenvalue weighted by Gasteiger charge is -2.12. The fourth-order valence-corrected chi connectivity index (χ4v) is 2.28. The lowest BCUT2D eigenvalue weighted by atomic mass is 10.1. The van der Waals surface area contributed by atoms with Crippen molar-refractivity contribution in [3.8, 4) is 11.8 Å². The van der Waals surface area contributed by atoms with Crippen LogP contribution >= 0.6 is 11.6 Å². The number of halogens is 4. The molecule has 140 valence electrons. The van der Waals surface area contributed by atoms with Crippen LogP contribution in [0.25, 0.3) is 17.0 Å². The minimum absolute atomic E-state index is 0.00524. The van der Waals surface area contributed by atoms with Crippen LogP contribution in [0.3, 0.4) is 0 Å². The maximum atomic E-state index is 13.2. The van der Waals surface area contributed by atoms with Crippen LogP contribution in [-0.2, 0) is 6.18 Å². The minimum Gasteiger partial charge on any atom is -0.423 e. The summed E-state index contributed by atoms with van der Waals surface area (Å²) in [6.45, 7) is 0. The van der Waals surface area contributed by atoms with Gasteiger partial charge in [0.2, 0.25) is 5.82 Å². The molecule has 0 amide bonds. The van der Waals surface area contributed by atoms with Gasteiger partial charge in [0.25, 0.3) is 0 Å². The zero-order valence-corrected chi connectivity index (χ0v) is 15.0. The largest absolute Gasteiger partial charge is 0.451 e. The van der Waals surface area contributed by atoms with E-state index in [2.05, 4.69) is 19.9 Å². The van der Waals surface area contributed by atoms with Crippen LogP contribution in [0.4, 0.5) is 13.2 Å². The highest BCUT2D eigenvalue weighted by Crippen LogP contribution is 2.34. The summed E-state index contributed by atoms with van der Waals surface area (Å²) >= 11 is 5.75. The number of hydrogen-bond acceptors (Lipinski definition) is 6. The molecule has 0 saturated heterocycles. The molecule has 3 rings (SSSR count). The summed E-state index contributed by atoms with van der Waals surface area (Å²) < 4.78 is 45.1. The first-order valence-corrected chi connectivity index (χ1v) is 8.00. The average molecular weight is 396 g/mol. The van der Waals surface area contributed by atoms with Crippen LogP contribution < -0.4 is 4.74 Å². The summed E-state index contributed by atoms with van der Waals surface area (Å²) in [5.41, 5.74) is 0.146. The highest BCUT2D eigenvalue weighted by atomic mass is 35.5. The van der Waals surface area contributed by atoms with Crippen molar-refractivity contribution < 1.29 is 17.9 Å². The van der Waals surface area contributed by atoms with Crippen molar-refractivity contribution in [1.82, 2.24) is 24.8 Å². The summed E-state index contributed by atoms with van der Waals surface area (Å²) in [5.74, 6) is -1.00. The van der Waals surface area contributed by atoms with Gasteiger partial charge in [-0.2, -0.15) is 13.2 Å². The second-order valence-electron chi connectivity index (χ2n) is 5.65. The zero-order valence-electron chi connectivity index (χ0n) is 14.2. The second-order valence-corrected chi connectivity index (χ2v) is 6.08. The Morgan fingerprint density at radius 2 is 1.81 bits per heavy atom. The smallest absolute Gasteiger partial charge is 0.423 e. The van der Waals surface area contributed by atoms with E-state index in [1.54, 1.807) is 31.3 Å². The fraction of sp³-hybridized carbons (Fsp3) is 0.176. The molecule has 1 aromatic carbocycles. The first-order chi connectivity index (χ1) is 12.7. The predicted molar refractivity (Wildman–Crippen MR) is 94.4 cm³/mol. The predicted octanol–water partition coefficient (Wildman–Crippen LogP) is 4.42. The van der Waals surface area contributed by atoms with E-state index in [1.807, 2.05) is 0 Å². The van der Waals surface area contributed by atoms with Crippen LogP contribution in [0.2, 0.25) is 5.02 Å². The quantitative estimate of drug-likeness (QED) is 0.651. The molecule has 3 aromatic rings. The molecule has 2 heterocycles. The first kappa shape index (κ1) is 18.8. The standard InChI is InChI=1S/C17H13ClF3N5O/c1-26(2)7-6-12-14-11(24-15(25-12)17(19,20)21)4-3-5-13(14)27-16-22-8-10(18)9-23-16/h3-9H,1-2H3. The van der Waals surface area contributed by atoms with E-state index in [9.17, 15) is 13.2 Å². The Bertz CT molecular complexity index is 990. The van der Waals surface area contributed by atoms with Crippen LogP contribution in [0, 0.1) is 0 Å². The van der Waals surface area contributed by atoms with E-state index < -0.39 is 12.0 Å². The Morgan fingerprint density at radius 1 is 1.11 bits per heavy atom. The molecule has 0 aliphatic heterocycles. The highest BCUT2D eigenvalue weighted by Gasteiger charge is 2.35. The molecule has 0 bridgehead atoms. The molecule has 0 aliphatic rings. The van der Waals surface area contributed by atoms with Gasteiger partial charge in [-0.05, 0) is 18.2 Å². The molecule has 0 spiro atoms. The van der Waals surface area contributed by atoms with E-state index >= 15 is 0 Å². The Balaban J connectivity index is 2.18. The van der Waals surface area contributed by atoms with Crippen LogP contribution in [0.1, 0.15) is 11.5 Å². The minimum atomic E-state index is -4.68. The van der Waals surface area contributed by atoms with E-state index in [-0.39, 0.29) is 23.0 Å². The van der Waals surface area contributed by atoms with Gasteiger partial charge >= 0.3 is 12.2 Å². The number of rotatable bonds is 4. The van der Waals surface area contributed by atoms with Gasteiger partial charge in [-0.3, -0.25) is 0 Å². The molecule has 0 atom stereocenters. The lowest BCUT2D eigenvalue weighted by Crippen LogP contribution is -2.12. The topological polar surface area (TPSA) is 64.0 Å². The Labute approximate surface area is 157 Å². The Morgan fingerprint density at radius 3 is 2.44 bits per heavy atom. The molecule has 10 heteroatoms. The van der Waals surface area contributed by atoms with Gasteiger partial charge in [0.15, 0.2) is 0 Å². The van der Waals surface area contributed by atoms with Gasteiger partial charge in [-0.25, -0.2) is 19.9 Å². The van der Waals surface area contributed by atoms with Crippen molar-refractivity contribution in [2.75, 3.05) is 14.1 Å². The molecule has 2 aromatic heterocycles. The van der Waals surface area contributed by atoms with Gasteiger partial charge in [0.1, 0.15) is 5.75 Å². The first-order valence-electron chi connectivity index (χ1n) is 7.62. The highest BCUT2D eigenvalue weighted by molar-refractivity contribution is 6.30. The number of alkyl halides is 3. The molecule has 0 fully saturated rings. The Hall–Kier alpha value is -2.94. The number of aromatic nitrogens is 4. The van der Waals surface area contributed by atoms with E-state index in [0.717, 1.165) is 0 Å². The van der Waals surface area contributed by atoms with Gasteiger partial charge in [0.05, 0.1) is 34.0 Å². The normalized spacial score (nSPS) is 11.9. The molecule has 0 unspecified atom stereocenters. The van der Waals surface area contributed by atoms with E-state index in [4.69, 9.17) is 16.3 Å². The molecule has 0 saturated carbocycles. The maximum Gasteiger partial charge on any atom is 0.451 e. The number of nitrogens with zero attached hydrogens (tertiary/aromatic N) is 5. The van der Waals surface area contributed by atoms with Gasteiger partial charge in [0, 0.05) is 20.3 Å². The number of benzene rings is 1. The summed E-state index contributed by atoms with van der Waals surface area (Å²) in [6.07, 6.45) is 1.05. The SMILES string of the molecule is CN(C)C=Cc1nc(C(F)(F)F)nc2cccc(Oc3ncc(Cl)cn3)c12. The third kappa shape index (κ3) is 4.43. The monoisotopic (exact) mass is 395 g/mol. The third-order valence-electron chi connectivity index (χ3n) is 3.30. The van der Waals surface area contributed by atoms with Crippen molar-refractivity contribution in [3.05, 3.63) is 53.3 Å². The van der Waals surface area contributed by atoms with Crippen molar-refractivity contribution in [3.63, 3.8) is 0 Å². The molecule has 6 nitrogen and oxygen atoms in total. The van der Waals surface area contributed by atoms with Crippen molar-refractivity contribution in [2.45, 2.75) is 6.18 Å². The van der Waals surface area contributed by atoms with Crippen molar-refractivity contribution in [1.29, 1.82) is 0 Å². The summed E-state index contributed by atoms with van der Waals surface area (Å²) in [7, 11) is 3.48. The molecular formula is C17H13ClF3N5O. The Kier molecular flexibility index (Phi) is 5.13. The van der Waals surface area contributed by atoms with Gasteiger partial charge in [-0.15, -0.1) is 0 Å². The average Bonchev–Trinajstić information content (AvgIpc) is 2.60. The third-order valence-corrected chi connectivity index (χ3v) is 3.49. The van der Waals surface area contributed by atoms with Crippen LogP contribution in [-0.4, -0.2) is 38.9 Å². The maximum absolute atomic E-state index is 13.2. The van der Waals surface area contributed by atoms with Crippen molar-refractivity contribution >= 4 is 28.6 Å². The summed E-state index contributed by atoms with van der Waals surface area (Å²) in [6, 6.07) is 4.55. The number of fused-ring (bicyclic) bond motifs is 1. The van der Waals surface area contributed by atoms with E-state index in [1.165, 1.54) is 30.6 Å². The molecule has 27 heavy (non-hydrogen) atoms. The fourth-order valence-electron chi connectivity index (χ4n) is 2.18. The molecule has 0 radical (unpaired) electrons. The lowest BCUT2D eigenvalue weighted by molar-refractivity contribution is -0.144. The molecular weight excluding hydrogens is 383 g/mol. The number of ether oxygens (including phenoxy) is 1.